The molecule has 0 aliphatic carbocycles. The highest BCUT2D eigenvalue weighted by atomic mass is 16.5. The third-order valence-electron chi connectivity index (χ3n) is 3.65. The average molecular weight is 324 g/mol. The van der Waals surface area contributed by atoms with E-state index in [0.717, 1.165) is 39.3 Å². The molecule has 0 radical (unpaired) electrons. The SMILES string of the molecule is CCCC(=O)N(CCN1CCOCC1)CC(=O)Nc1ccon1. The van der Waals surface area contributed by atoms with E-state index in [1.165, 1.54) is 6.26 Å². The summed E-state index contributed by atoms with van der Waals surface area (Å²) < 4.78 is 9.98. The summed E-state index contributed by atoms with van der Waals surface area (Å²) in [6.45, 7) is 6.41. The van der Waals surface area contributed by atoms with Gasteiger partial charge in [0.1, 0.15) is 6.26 Å². The van der Waals surface area contributed by atoms with Gasteiger partial charge in [-0.3, -0.25) is 14.5 Å². The van der Waals surface area contributed by atoms with E-state index >= 15 is 0 Å². The monoisotopic (exact) mass is 324 g/mol. The molecule has 1 aromatic heterocycles. The van der Waals surface area contributed by atoms with Crippen molar-refractivity contribution < 1.29 is 18.8 Å². The van der Waals surface area contributed by atoms with Crippen LogP contribution in [0.1, 0.15) is 19.8 Å². The fraction of sp³-hybridized carbons (Fsp3) is 0.667. The van der Waals surface area contributed by atoms with E-state index in [9.17, 15) is 9.59 Å². The lowest BCUT2D eigenvalue weighted by molar-refractivity contribution is -0.135. The number of carbonyl (C=O) groups excluding carboxylic acids is 2. The van der Waals surface area contributed by atoms with Crippen molar-refractivity contribution in [2.24, 2.45) is 0 Å². The highest BCUT2D eigenvalue weighted by molar-refractivity contribution is 5.93. The first kappa shape index (κ1) is 17.4. The van der Waals surface area contributed by atoms with Crippen LogP contribution < -0.4 is 5.32 Å². The molecule has 2 rings (SSSR count). The van der Waals surface area contributed by atoms with Crippen molar-refractivity contribution in [3.63, 3.8) is 0 Å². The molecular formula is C15H24N4O4. The number of anilines is 1. The van der Waals surface area contributed by atoms with Crippen LogP contribution in [0.2, 0.25) is 0 Å². The van der Waals surface area contributed by atoms with Crippen LogP contribution in [0.3, 0.4) is 0 Å². The molecule has 1 aliphatic rings. The predicted octanol–water partition coefficient (Wildman–Crippen LogP) is 0.574. The first-order valence-electron chi connectivity index (χ1n) is 7.97. The third-order valence-corrected chi connectivity index (χ3v) is 3.65. The van der Waals surface area contributed by atoms with E-state index in [0.29, 0.717) is 18.8 Å². The summed E-state index contributed by atoms with van der Waals surface area (Å²) in [5, 5.41) is 6.25. The molecule has 0 bridgehead atoms. The topological polar surface area (TPSA) is 87.9 Å². The molecule has 0 atom stereocenters. The number of nitrogens with zero attached hydrogens (tertiary/aromatic N) is 3. The smallest absolute Gasteiger partial charge is 0.245 e. The Hall–Kier alpha value is -1.93. The average Bonchev–Trinajstić information content (AvgIpc) is 3.05. The van der Waals surface area contributed by atoms with Gasteiger partial charge in [-0.25, -0.2) is 0 Å². The Kier molecular flexibility index (Phi) is 7.02. The van der Waals surface area contributed by atoms with E-state index in [1.807, 2.05) is 6.92 Å². The summed E-state index contributed by atoms with van der Waals surface area (Å²) >= 11 is 0. The second-order valence-electron chi connectivity index (χ2n) is 5.45. The molecule has 0 saturated carbocycles. The Morgan fingerprint density at radius 2 is 2.17 bits per heavy atom. The van der Waals surface area contributed by atoms with Crippen molar-refractivity contribution in [3.05, 3.63) is 12.3 Å². The van der Waals surface area contributed by atoms with Crippen LogP contribution in [0.4, 0.5) is 5.82 Å². The molecule has 1 fully saturated rings. The second kappa shape index (κ2) is 9.26. The maximum absolute atomic E-state index is 12.2. The lowest BCUT2D eigenvalue weighted by Gasteiger charge is -2.29. The fourth-order valence-corrected chi connectivity index (χ4v) is 2.38. The number of amides is 2. The van der Waals surface area contributed by atoms with E-state index in [1.54, 1.807) is 11.0 Å². The molecule has 1 aliphatic heterocycles. The summed E-state index contributed by atoms with van der Waals surface area (Å²) in [6.07, 6.45) is 2.59. The summed E-state index contributed by atoms with van der Waals surface area (Å²) in [4.78, 5) is 28.1. The number of morpholine rings is 1. The molecule has 2 heterocycles. The number of nitrogens with one attached hydrogen (secondary N) is 1. The van der Waals surface area contributed by atoms with Gasteiger partial charge in [0, 0.05) is 38.7 Å². The van der Waals surface area contributed by atoms with Crippen LogP contribution in [0.5, 0.6) is 0 Å². The molecular weight excluding hydrogens is 300 g/mol. The van der Waals surface area contributed by atoms with Crippen LogP contribution in [-0.2, 0) is 14.3 Å². The van der Waals surface area contributed by atoms with Gasteiger partial charge in [0.2, 0.25) is 11.8 Å². The van der Waals surface area contributed by atoms with E-state index in [4.69, 9.17) is 4.74 Å². The highest BCUT2D eigenvalue weighted by Crippen LogP contribution is 2.04. The molecule has 1 N–H and O–H groups in total. The predicted molar refractivity (Wildman–Crippen MR) is 83.9 cm³/mol. The minimum absolute atomic E-state index is 0.00365. The van der Waals surface area contributed by atoms with Crippen molar-refractivity contribution >= 4 is 17.6 Å². The van der Waals surface area contributed by atoms with Crippen molar-refractivity contribution in [2.75, 3.05) is 51.3 Å². The molecule has 0 spiro atoms. The van der Waals surface area contributed by atoms with Crippen LogP contribution in [0.25, 0.3) is 0 Å². The Morgan fingerprint density at radius 1 is 1.39 bits per heavy atom. The zero-order chi connectivity index (χ0) is 16.5. The quantitative estimate of drug-likeness (QED) is 0.752. The van der Waals surface area contributed by atoms with Crippen LogP contribution in [-0.4, -0.2) is 72.7 Å². The second-order valence-corrected chi connectivity index (χ2v) is 5.45. The molecule has 0 aromatic carbocycles. The van der Waals surface area contributed by atoms with E-state index in [-0.39, 0.29) is 18.4 Å². The zero-order valence-electron chi connectivity index (χ0n) is 13.5. The standard InChI is InChI=1S/C15H24N4O4/c1-2-3-15(21)19(6-5-18-7-10-22-11-8-18)12-14(20)16-13-4-9-23-17-13/h4,9H,2-3,5-8,10-12H2,1H3,(H,16,17,20). The lowest BCUT2D eigenvalue weighted by Crippen LogP contribution is -2.45. The molecule has 23 heavy (non-hydrogen) atoms. The Morgan fingerprint density at radius 3 is 2.83 bits per heavy atom. The van der Waals surface area contributed by atoms with Crippen molar-refractivity contribution in [2.45, 2.75) is 19.8 Å². The number of carbonyl (C=O) groups is 2. The van der Waals surface area contributed by atoms with Crippen molar-refractivity contribution in [1.82, 2.24) is 15.0 Å². The third kappa shape index (κ3) is 5.99. The summed E-state index contributed by atoms with van der Waals surface area (Å²) in [5.41, 5.74) is 0. The Bertz CT molecular complexity index is 486. The zero-order valence-corrected chi connectivity index (χ0v) is 13.5. The summed E-state index contributed by atoms with van der Waals surface area (Å²) in [5.74, 6) is 0.0764. The largest absolute Gasteiger partial charge is 0.379 e. The molecule has 128 valence electrons. The number of hydrogen-bond acceptors (Lipinski definition) is 6. The van der Waals surface area contributed by atoms with Gasteiger partial charge >= 0.3 is 0 Å². The van der Waals surface area contributed by atoms with Gasteiger partial charge in [0.05, 0.1) is 19.8 Å². The summed E-state index contributed by atoms with van der Waals surface area (Å²) in [6, 6.07) is 1.56. The van der Waals surface area contributed by atoms with Gasteiger partial charge in [-0.15, -0.1) is 0 Å². The maximum atomic E-state index is 12.2. The number of hydrogen-bond donors (Lipinski definition) is 1. The minimum Gasteiger partial charge on any atom is -0.379 e. The van der Waals surface area contributed by atoms with E-state index < -0.39 is 0 Å². The Balaban J connectivity index is 1.84. The van der Waals surface area contributed by atoms with Gasteiger partial charge in [0.25, 0.3) is 0 Å². The fourth-order valence-electron chi connectivity index (χ4n) is 2.38. The first-order valence-corrected chi connectivity index (χ1v) is 7.97. The van der Waals surface area contributed by atoms with E-state index in [2.05, 4.69) is 19.9 Å². The molecule has 2 amide bonds. The highest BCUT2D eigenvalue weighted by Gasteiger charge is 2.19. The number of ether oxygens (including phenoxy) is 1. The number of aromatic nitrogens is 1. The van der Waals surface area contributed by atoms with Crippen LogP contribution in [0, 0.1) is 0 Å². The lowest BCUT2D eigenvalue weighted by atomic mass is 10.3. The van der Waals surface area contributed by atoms with Crippen molar-refractivity contribution in [3.8, 4) is 0 Å². The molecule has 1 saturated heterocycles. The minimum atomic E-state index is -0.273. The van der Waals surface area contributed by atoms with Gasteiger partial charge in [0.15, 0.2) is 5.82 Å². The van der Waals surface area contributed by atoms with Crippen molar-refractivity contribution in [1.29, 1.82) is 0 Å². The van der Waals surface area contributed by atoms with Gasteiger partial charge in [-0.2, -0.15) is 0 Å². The van der Waals surface area contributed by atoms with Gasteiger partial charge in [-0.05, 0) is 6.42 Å². The Labute approximate surface area is 135 Å². The molecule has 8 heteroatoms. The molecule has 1 aromatic rings. The number of rotatable bonds is 8. The van der Waals surface area contributed by atoms with Crippen LogP contribution >= 0.6 is 0 Å². The van der Waals surface area contributed by atoms with Gasteiger partial charge < -0.3 is 19.5 Å². The maximum Gasteiger partial charge on any atom is 0.245 e. The molecule has 0 unspecified atom stereocenters. The van der Waals surface area contributed by atoms with Crippen LogP contribution in [0.15, 0.2) is 16.9 Å². The summed E-state index contributed by atoms with van der Waals surface area (Å²) in [7, 11) is 0. The molecule has 8 nitrogen and oxygen atoms in total. The van der Waals surface area contributed by atoms with Gasteiger partial charge in [-0.1, -0.05) is 12.1 Å². The normalized spacial score (nSPS) is 15.3. The first-order chi connectivity index (χ1) is 11.2.